The van der Waals surface area contributed by atoms with E-state index in [-0.39, 0.29) is 11.5 Å². The number of benzene rings is 2. The first-order chi connectivity index (χ1) is 12.5. The number of esters is 1. The number of carbonyl (C=O) groups excluding carboxylic acids is 3. The van der Waals surface area contributed by atoms with Gasteiger partial charge in [0.05, 0.1) is 7.11 Å². The third-order valence-corrected chi connectivity index (χ3v) is 3.37. The minimum atomic E-state index is -0.791. The van der Waals surface area contributed by atoms with Gasteiger partial charge in [0, 0.05) is 12.5 Å². The summed E-state index contributed by atoms with van der Waals surface area (Å²) >= 11 is 0. The van der Waals surface area contributed by atoms with Crippen LogP contribution in [0.1, 0.15) is 22.8 Å². The SMILES string of the molecule is COc1cccc(C(=O)COC(=O)/C(=C\c2ccccc2)NC(C)=O)c1. The van der Waals surface area contributed by atoms with Crippen LogP contribution in [0.5, 0.6) is 5.75 Å². The Bertz CT molecular complexity index is 827. The Hall–Kier alpha value is -3.41. The Morgan fingerprint density at radius 2 is 1.77 bits per heavy atom. The van der Waals surface area contributed by atoms with Gasteiger partial charge in [0.1, 0.15) is 11.4 Å². The smallest absolute Gasteiger partial charge is 0.355 e. The van der Waals surface area contributed by atoms with Crippen LogP contribution in [0.4, 0.5) is 0 Å². The number of nitrogens with one attached hydrogen (secondary N) is 1. The summed E-state index contributed by atoms with van der Waals surface area (Å²) in [4.78, 5) is 35.8. The number of hydrogen-bond donors (Lipinski definition) is 1. The number of hydrogen-bond acceptors (Lipinski definition) is 5. The second-order valence-corrected chi connectivity index (χ2v) is 5.38. The van der Waals surface area contributed by atoms with Gasteiger partial charge < -0.3 is 14.8 Å². The van der Waals surface area contributed by atoms with Gasteiger partial charge in [-0.1, -0.05) is 42.5 Å². The van der Waals surface area contributed by atoms with E-state index in [2.05, 4.69) is 5.32 Å². The lowest BCUT2D eigenvalue weighted by Crippen LogP contribution is -2.27. The van der Waals surface area contributed by atoms with Crippen molar-refractivity contribution in [2.75, 3.05) is 13.7 Å². The number of Topliss-reactive ketones (excluding diaryl/α,β-unsaturated/α-hetero) is 1. The molecule has 0 fully saturated rings. The number of amides is 1. The molecule has 0 aliphatic rings. The van der Waals surface area contributed by atoms with E-state index >= 15 is 0 Å². The Balaban J connectivity index is 2.08. The maximum atomic E-state index is 12.3. The molecule has 26 heavy (non-hydrogen) atoms. The molecule has 0 aliphatic carbocycles. The van der Waals surface area contributed by atoms with Crippen LogP contribution in [0.3, 0.4) is 0 Å². The molecule has 0 bridgehead atoms. The summed E-state index contributed by atoms with van der Waals surface area (Å²) in [7, 11) is 1.50. The van der Waals surface area contributed by atoms with E-state index in [1.165, 1.54) is 20.1 Å². The summed E-state index contributed by atoms with van der Waals surface area (Å²) in [5, 5.41) is 2.43. The molecule has 0 aromatic heterocycles. The van der Waals surface area contributed by atoms with Crippen molar-refractivity contribution in [2.45, 2.75) is 6.92 Å². The van der Waals surface area contributed by atoms with Crippen molar-refractivity contribution in [3.8, 4) is 5.75 Å². The zero-order valence-electron chi connectivity index (χ0n) is 14.5. The molecule has 1 N–H and O–H groups in total. The first-order valence-electron chi connectivity index (χ1n) is 7.88. The molecule has 0 atom stereocenters. The number of carbonyl (C=O) groups is 3. The summed E-state index contributed by atoms with van der Waals surface area (Å²) in [6.07, 6.45) is 1.49. The fraction of sp³-hybridized carbons (Fsp3) is 0.150. The van der Waals surface area contributed by atoms with Gasteiger partial charge in [-0.05, 0) is 23.8 Å². The summed E-state index contributed by atoms with van der Waals surface area (Å²) in [6, 6.07) is 15.5. The predicted octanol–water partition coefficient (Wildman–Crippen LogP) is 2.60. The highest BCUT2D eigenvalue weighted by Crippen LogP contribution is 2.13. The highest BCUT2D eigenvalue weighted by atomic mass is 16.5. The van der Waals surface area contributed by atoms with Gasteiger partial charge in [0.15, 0.2) is 12.4 Å². The minimum Gasteiger partial charge on any atom is -0.497 e. The van der Waals surface area contributed by atoms with Crippen LogP contribution in [0, 0.1) is 0 Å². The molecule has 2 aromatic rings. The fourth-order valence-corrected chi connectivity index (χ4v) is 2.14. The standard InChI is InChI=1S/C20H19NO5/c1-14(22)21-18(11-15-7-4-3-5-8-15)20(24)26-13-19(23)16-9-6-10-17(12-16)25-2/h3-12H,13H2,1-2H3,(H,21,22)/b18-11+. The second-order valence-electron chi connectivity index (χ2n) is 5.38. The maximum Gasteiger partial charge on any atom is 0.355 e. The average Bonchev–Trinajstić information content (AvgIpc) is 2.65. The van der Waals surface area contributed by atoms with Crippen LogP contribution < -0.4 is 10.1 Å². The van der Waals surface area contributed by atoms with Gasteiger partial charge in [-0.15, -0.1) is 0 Å². The Kier molecular flexibility index (Phi) is 6.68. The normalized spacial score (nSPS) is 10.8. The van der Waals surface area contributed by atoms with Crippen LogP contribution in [0.25, 0.3) is 6.08 Å². The molecule has 6 heteroatoms. The van der Waals surface area contributed by atoms with Crippen LogP contribution in [-0.2, 0) is 14.3 Å². The van der Waals surface area contributed by atoms with Crippen molar-refractivity contribution in [1.29, 1.82) is 0 Å². The van der Waals surface area contributed by atoms with E-state index in [4.69, 9.17) is 9.47 Å². The highest BCUT2D eigenvalue weighted by molar-refractivity contribution is 6.01. The van der Waals surface area contributed by atoms with E-state index < -0.39 is 18.5 Å². The Labute approximate surface area is 151 Å². The predicted molar refractivity (Wildman–Crippen MR) is 96.5 cm³/mol. The molecule has 0 saturated carbocycles. The largest absolute Gasteiger partial charge is 0.497 e. The van der Waals surface area contributed by atoms with Crippen molar-refractivity contribution < 1.29 is 23.9 Å². The second kappa shape index (κ2) is 9.17. The molecular formula is C20H19NO5. The van der Waals surface area contributed by atoms with Gasteiger partial charge in [-0.3, -0.25) is 9.59 Å². The van der Waals surface area contributed by atoms with Crippen molar-refractivity contribution in [2.24, 2.45) is 0 Å². The molecule has 134 valence electrons. The van der Waals surface area contributed by atoms with Crippen molar-refractivity contribution >= 4 is 23.7 Å². The number of rotatable bonds is 7. The molecule has 0 heterocycles. The van der Waals surface area contributed by atoms with Gasteiger partial charge in [0.25, 0.3) is 0 Å². The van der Waals surface area contributed by atoms with Crippen molar-refractivity contribution in [3.05, 3.63) is 71.4 Å². The first-order valence-corrected chi connectivity index (χ1v) is 7.88. The van der Waals surface area contributed by atoms with Gasteiger partial charge >= 0.3 is 5.97 Å². The van der Waals surface area contributed by atoms with Gasteiger partial charge in [-0.25, -0.2) is 4.79 Å². The zero-order valence-corrected chi connectivity index (χ0v) is 14.5. The molecule has 0 unspecified atom stereocenters. The average molecular weight is 353 g/mol. The number of ketones is 1. The monoisotopic (exact) mass is 353 g/mol. The quantitative estimate of drug-likeness (QED) is 0.470. The zero-order chi connectivity index (χ0) is 18.9. The first kappa shape index (κ1) is 18.9. The van der Waals surface area contributed by atoms with E-state index in [0.717, 1.165) is 0 Å². The molecule has 0 saturated heterocycles. The Morgan fingerprint density at radius 1 is 1.04 bits per heavy atom. The molecule has 2 rings (SSSR count). The van der Waals surface area contributed by atoms with Crippen molar-refractivity contribution in [1.82, 2.24) is 5.32 Å². The molecule has 0 radical (unpaired) electrons. The molecular weight excluding hydrogens is 334 g/mol. The fourth-order valence-electron chi connectivity index (χ4n) is 2.14. The Morgan fingerprint density at radius 3 is 2.42 bits per heavy atom. The maximum absolute atomic E-state index is 12.3. The van der Waals surface area contributed by atoms with Crippen LogP contribution in [0.2, 0.25) is 0 Å². The molecule has 0 aliphatic heterocycles. The summed E-state index contributed by atoms with van der Waals surface area (Å²) < 4.78 is 10.1. The molecule has 6 nitrogen and oxygen atoms in total. The third-order valence-electron chi connectivity index (χ3n) is 3.37. The van der Waals surface area contributed by atoms with Crippen LogP contribution >= 0.6 is 0 Å². The van der Waals surface area contributed by atoms with Crippen LogP contribution in [-0.4, -0.2) is 31.4 Å². The summed E-state index contributed by atoms with van der Waals surface area (Å²) in [5.74, 6) is -1.05. The lowest BCUT2D eigenvalue weighted by Gasteiger charge is -2.09. The molecule has 0 spiro atoms. The lowest BCUT2D eigenvalue weighted by molar-refractivity contribution is -0.139. The molecule has 2 aromatic carbocycles. The van der Waals surface area contributed by atoms with E-state index in [1.54, 1.807) is 48.5 Å². The van der Waals surface area contributed by atoms with Gasteiger partial charge in [-0.2, -0.15) is 0 Å². The van der Waals surface area contributed by atoms with E-state index in [1.807, 2.05) is 6.07 Å². The number of ether oxygens (including phenoxy) is 2. The van der Waals surface area contributed by atoms with Crippen LogP contribution in [0.15, 0.2) is 60.3 Å². The van der Waals surface area contributed by atoms with E-state index in [9.17, 15) is 14.4 Å². The van der Waals surface area contributed by atoms with Crippen molar-refractivity contribution in [3.63, 3.8) is 0 Å². The van der Waals surface area contributed by atoms with E-state index in [0.29, 0.717) is 16.9 Å². The minimum absolute atomic E-state index is 0.0397. The molecule has 1 amide bonds. The highest BCUT2D eigenvalue weighted by Gasteiger charge is 2.16. The summed E-state index contributed by atoms with van der Waals surface area (Å²) in [5.41, 5.74) is 1.04. The summed E-state index contributed by atoms with van der Waals surface area (Å²) in [6.45, 7) is 0.839. The third kappa shape index (κ3) is 5.59. The number of methoxy groups -OCH3 is 1. The van der Waals surface area contributed by atoms with Gasteiger partial charge in [0.2, 0.25) is 5.91 Å². The topological polar surface area (TPSA) is 81.7 Å². The lowest BCUT2D eigenvalue weighted by atomic mass is 10.1.